The zero-order valence-corrected chi connectivity index (χ0v) is 16.0. The Bertz CT molecular complexity index is 778. The first kappa shape index (κ1) is 19.2. The SMILES string of the molecule is CNC1=CC=C(c2cc(-c3ccc(OCCOCCOC)cc3)[nH]n2)CC1. The van der Waals surface area contributed by atoms with E-state index in [2.05, 4.69) is 33.7 Å². The van der Waals surface area contributed by atoms with Crippen LogP contribution in [0.3, 0.4) is 0 Å². The smallest absolute Gasteiger partial charge is 0.119 e. The van der Waals surface area contributed by atoms with Gasteiger partial charge < -0.3 is 19.5 Å². The molecule has 0 saturated heterocycles. The average Bonchev–Trinajstić information content (AvgIpc) is 3.21. The molecular weight excluding hydrogens is 342 g/mol. The molecule has 1 heterocycles. The number of aromatic amines is 1. The molecule has 1 aliphatic carbocycles. The summed E-state index contributed by atoms with van der Waals surface area (Å²) in [5, 5.41) is 10.8. The highest BCUT2D eigenvalue weighted by atomic mass is 16.5. The van der Waals surface area contributed by atoms with Gasteiger partial charge in [0.25, 0.3) is 0 Å². The second-order valence-electron chi connectivity index (χ2n) is 6.28. The van der Waals surface area contributed by atoms with Crippen molar-refractivity contribution in [3.63, 3.8) is 0 Å². The number of nitrogens with one attached hydrogen (secondary N) is 2. The maximum Gasteiger partial charge on any atom is 0.119 e. The Kier molecular flexibility index (Phi) is 7.07. The molecule has 3 rings (SSSR count). The van der Waals surface area contributed by atoms with Gasteiger partial charge in [0, 0.05) is 19.9 Å². The molecule has 2 aromatic rings. The zero-order chi connectivity index (χ0) is 18.9. The summed E-state index contributed by atoms with van der Waals surface area (Å²) in [7, 11) is 3.62. The van der Waals surface area contributed by atoms with Crippen LogP contribution in [0.2, 0.25) is 0 Å². The summed E-state index contributed by atoms with van der Waals surface area (Å²) in [6.45, 7) is 2.26. The fraction of sp³-hybridized carbons (Fsp3) is 0.381. The number of ether oxygens (including phenoxy) is 3. The molecular formula is C21H27N3O3. The van der Waals surface area contributed by atoms with E-state index >= 15 is 0 Å². The Balaban J connectivity index is 1.54. The van der Waals surface area contributed by atoms with Gasteiger partial charge in [-0.15, -0.1) is 0 Å². The molecule has 6 nitrogen and oxygen atoms in total. The van der Waals surface area contributed by atoms with Crippen molar-refractivity contribution in [3.05, 3.63) is 53.9 Å². The number of benzene rings is 1. The molecule has 2 N–H and O–H groups in total. The Labute approximate surface area is 160 Å². The van der Waals surface area contributed by atoms with E-state index in [0.29, 0.717) is 26.4 Å². The summed E-state index contributed by atoms with van der Waals surface area (Å²) in [5.41, 5.74) is 5.60. The number of nitrogens with zero attached hydrogens (tertiary/aromatic N) is 1. The first-order chi connectivity index (χ1) is 13.3. The van der Waals surface area contributed by atoms with Crippen molar-refractivity contribution in [1.82, 2.24) is 15.5 Å². The van der Waals surface area contributed by atoms with Gasteiger partial charge in [0.1, 0.15) is 12.4 Å². The van der Waals surface area contributed by atoms with E-state index in [1.807, 2.05) is 31.3 Å². The van der Waals surface area contributed by atoms with Crippen molar-refractivity contribution >= 4 is 5.57 Å². The third-order valence-corrected chi connectivity index (χ3v) is 4.47. The van der Waals surface area contributed by atoms with Crippen LogP contribution in [0, 0.1) is 0 Å². The van der Waals surface area contributed by atoms with Crippen molar-refractivity contribution in [2.75, 3.05) is 40.6 Å². The van der Waals surface area contributed by atoms with Crippen molar-refractivity contribution in [3.8, 4) is 17.0 Å². The number of H-pyrrole nitrogens is 1. The maximum atomic E-state index is 5.68. The minimum Gasteiger partial charge on any atom is -0.491 e. The van der Waals surface area contributed by atoms with Gasteiger partial charge in [-0.1, -0.05) is 6.08 Å². The highest BCUT2D eigenvalue weighted by molar-refractivity contribution is 5.70. The van der Waals surface area contributed by atoms with Crippen molar-refractivity contribution in [1.29, 1.82) is 0 Å². The van der Waals surface area contributed by atoms with Gasteiger partial charge in [-0.25, -0.2) is 0 Å². The lowest BCUT2D eigenvalue weighted by Crippen LogP contribution is -2.09. The Morgan fingerprint density at radius 3 is 2.56 bits per heavy atom. The topological polar surface area (TPSA) is 68.4 Å². The third kappa shape index (κ3) is 5.45. The van der Waals surface area contributed by atoms with Crippen molar-refractivity contribution < 1.29 is 14.2 Å². The Hall–Kier alpha value is -2.57. The van der Waals surface area contributed by atoms with E-state index in [4.69, 9.17) is 14.2 Å². The second kappa shape index (κ2) is 9.94. The summed E-state index contributed by atoms with van der Waals surface area (Å²) in [6, 6.07) is 10.1. The van der Waals surface area contributed by atoms with E-state index in [1.54, 1.807) is 7.11 Å². The van der Waals surface area contributed by atoms with Gasteiger partial charge in [0.15, 0.2) is 0 Å². The van der Waals surface area contributed by atoms with Gasteiger partial charge in [-0.3, -0.25) is 5.10 Å². The van der Waals surface area contributed by atoms with Gasteiger partial charge in [0.2, 0.25) is 0 Å². The number of hydrogen-bond acceptors (Lipinski definition) is 5. The quantitative estimate of drug-likeness (QED) is 0.628. The lowest BCUT2D eigenvalue weighted by atomic mass is 9.99. The number of hydrogen-bond donors (Lipinski definition) is 2. The number of methoxy groups -OCH3 is 1. The normalized spacial score (nSPS) is 13.9. The van der Waals surface area contributed by atoms with E-state index in [-0.39, 0.29) is 0 Å². The highest BCUT2D eigenvalue weighted by Gasteiger charge is 2.11. The average molecular weight is 369 g/mol. The molecule has 0 saturated carbocycles. The maximum absolute atomic E-state index is 5.68. The molecule has 0 atom stereocenters. The molecule has 27 heavy (non-hydrogen) atoms. The minimum absolute atomic E-state index is 0.521. The largest absolute Gasteiger partial charge is 0.491 e. The Morgan fingerprint density at radius 2 is 1.85 bits per heavy atom. The van der Waals surface area contributed by atoms with Crippen LogP contribution < -0.4 is 10.1 Å². The molecule has 1 aliphatic rings. The van der Waals surface area contributed by atoms with Crippen LogP contribution in [-0.4, -0.2) is 50.8 Å². The second-order valence-corrected chi connectivity index (χ2v) is 6.28. The van der Waals surface area contributed by atoms with E-state index in [9.17, 15) is 0 Å². The molecule has 1 aromatic heterocycles. The number of allylic oxidation sites excluding steroid dienone is 4. The zero-order valence-electron chi connectivity index (χ0n) is 16.0. The summed E-state index contributed by atoms with van der Waals surface area (Å²) < 4.78 is 16.0. The molecule has 6 heteroatoms. The van der Waals surface area contributed by atoms with Gasteiger partial charge in [-0.05, 0) is 60.4 Å². The van der Waals surface area contributed by atoms with Crippen LogP contribution in [0.1, 0.15) is 18.5 Å². The molecule has 0 fully saturated rings. The van der Waals surface area contributed by atoms with E-state index in [0.717, 1.165) is 35.5 Å². The monoisotopic (exact) mass is 369 g/mol. The van der Waals surface area contributed by atoms with Crippen molar-refractivity contribution in [2.24, 2.45) is 0 Å². The molecule has 0 unspecified atom stereocenters. The number of rotatable bonds is 10. The lowest BCUT2D eigenvalue weighted by molar-refractivity contribution is 0.0544. The molecule has 0 amide bonds. The summed E-state index contributed by atoms with van der Waals surface area (Å²) in [4.78, 5) is 0. The van der Waals surface area contributed by atoms with Crippen LogP contribution in [-0.2, 0) is 9.47 Å². The van der Waals surface area contributed by atoms with E-state index < -0.39 is 0 Å². The fourth-order valence-electron chi connectivity index (χ4n) is 2.89. The first-order valence-corrected chi connectivity index (χ1v) is 9.23. The minimum atomic E-state index is 0.521. The summed E-state index contributed by atoms with van der Waals surface area (Å²) in [6.07, 6.45) is 6.28. The standard InChI is InChI=1S/C21H27N3O3/c1-22-18-7-3-16(4-8-18)20-15-21(24-23-20)17-5-9-19(10-6-17)27-14-13-26-12-11-25-2/h3,5-7,9-10,15,22H,4,8,11-14H2,1-2H3,(H,23,24). The number of aromatic nitrogens is 2. The summed E-state index contributed by atoms with van der Waals surface area (Å²) >= 11 is 0. The van der Waals surface area contributed by atoms with Gasteiger partial charge in [-0.2, -0.15) is 5.10 Å². The predicted octanol–water partition coefficient (Wildman–Crippen LogP) is 3.40. The predicted molar refractivity (Wildman–Crippen MR) is 107 cm³/mol. The first-order valence-electron chi connectivity index (χ1n) is 9.23. The molecule has 1 aromatic carbocycles. The van der Waals surface area contributed by atoms with Gasteiger partial charge in [0.05, 0.1) is 31.2 Å². The van der Waals surface area contributed by atoms with Crippen LogP contribution in [0.5, 0.6) is 5.75 Å². The van der Waals surface area contributed by atoms with Crippen LogP contribution in [0.4, 0.5) is 0 Å². The van der Waals surface area contributed by atoms with Crippen LogP contribution in [0.25, 0.3) is 16.8 Å². The Morgan fingerprint density at radius 1 is 1.04 bits per heavy atom. The summed E-state index contributed by atoms with van der Waals surface area (Å²) in [5.74, 6) is 0.827. The third-order valence-electron chi connectivity index (χ3n) is 4.47. The molecule has 0 aliphatic heterocycles. The molecule has 0 radical (unpaired) electrons. The fourth-order valence-corrected chi connectivity index (χ4v) is 2.89. The van der Waals surface area contributed by atoms with Crippen molar-refractivity contribution in [2.45, 2.75) is 12.8 Å². The lowest BCUT2D eigenvalue weighted by Gasteiger charge is -2.12. The van der Waals surface area contributed by atoms with Crippen LogP contribution >= 0.6 is 0 Å². The molecule has 0 bridgehead atoms. The van der Waals surface area contributed by atoms with E-state index in [1.165, 1.54) is 11.3 Å². The molecule has 144 valence electrons. The van der Waals surface area contributed by atoms with Crippen LogP contribution in [0.15, 0.2) is 48.2 Å². The molecule has 0 spiro atoms. The van der Waals surface area contributed by atoms with Gasteiger partial charge >= 0.3 is 0 Å². The highest BCUT2D eigenvalue weighted by Crippen LogP contribution is 2.28.